The van der Waals surface area contributed by atoms with E-state index >= 15 is 0 Å². The maximum atomic E-state index is 10.1. The molecule has 0 aromatic carbocycles. The molecule has 18 heavy (non-hydrogen) atoms. The molecular weight excluding hydrogens is 246 g/mol. The van der Waals surface area contributed by atoms with E-state index in [1.165, 1.54) is 0 Å². The van der Waals surface area contributed by atoms with E-state index in [-0.39, 0.29) is 0 Å². The zero-order valence-corrected chi connectivity index (χ0v) is 12.2. The number of aliphatic hydroxyl groups is 1. The third-order valence-electron chi connectivity index (χ3n) is 2.44. The number of aromatic nitrogens is 1. The summed E-state index contributed by atoms with van der Waals surface area (Å²) in [5.41, 5.74) is 0.282. The van der Waals surface area contributed by atoms with Crippen LogP contribution in [-0.4, -0.2) is 40.8 Å². The Morgan fingerprint density at radius 1 is 1.44 bits per heavy atom. The molecule has 0 bridgehead atoms. The van der Waals surface area contributed by atoms with Gasteiger partial charge in [0, 0.05) is 36.8 Å². The number of hydrogen-bond acceptors (Lipinski definition) is 5. The van der Waals surface area contributed by atoms with Crippen molar-refractivity contribution in [3.63, 3.8) is 0 Å². The predicted molar refractivity (Wildman–Crippen MR) is 80.5 cm³/mol. The van der Waals surface area contributed by atoms with Crippen LogP contribution >= 0.6 is 11.8 Å². The molecule has 1 atom stereocenters. The highest BCUT2D eigenvalue weighted by molar-refractivity contribution is 7.98. The molecule has 0 spiro atoms. The average Bonchev–Trinajstić information content (AvgIpc) is 2.35. The first-order valence-corrected chi connectivity index (χ1v) is 7.62. The topological polar surface area (TPSA) is 57.2 Å². The molecule has 1 aromatic heterocycles. The molecule has 1 heterocycles. The second kappa shape index (κ2) is 7.48. The molecule has 1 unspecified atom stereocenters. The van der Waals surface area contributed by atoms with Gasteiger partial charge in [0.15, 0.2) is 0 Å². The predicted octanol–water partition coefficient (Wildman–Crippen LogP) is 2.43. The molecule has 1 rings (SSSR count). The number of anilines is 2. The Balaban J connectivity index is 2.51. The van der Waals surface area contributed by atoms with E-state index in [0.29, 0.717) is 12.3 Å². The van der Waals surface area contributed by atoms with E-state index in [1.54, 1.807) is 18.0 Å². The van der Waals surface area contributed by atoms with E-state index in [1.807, 2.05) is 25.3 Å². The Morgan fingerprint density at radius 3 is 2.89 bits per heavy atom. The SMILES string of the molecule is CCCNc1cc(NCC(C)(O)CSC)ccn1. The number of thioether (sulfide) groups is 1. The van der Waals surface area contributed by atoms with Crippen molar-refractivity contribution in [2.24, 2.45) is 0 Å². The van der Waals surface area contributed by atoms with Crippen molar-refractivity contribution < 1.29 is 5.11 Å². The standard InChI is InChI=1S/C13H23N3OS/c1-4-6-14-12-8-11(5-7-15-12)16-9-13(2,17)10-18-3/h5,7-8,17H,4,6,9-10H2,1-3H3,(H2,14,15,16). The molecule has 0 fully saturated rings. The molecule has 0 aliphatic heterocycles. The van der Waals surface area contributed by atoms with Gasteiger partial charge in [-0.2, -0.15) is 11.8 Å². The van der Waals surface area contributed by atoms with Crippen LogP contribution in [0.3, 0.4) is 0 Å². The molecule has 0 radical (unpaired) electrons. The lowest BCUT2D eigenvalue weighted by Gasteiger charge is -2.23. The van der Waals surface area contributed by atoms with E-state index < -0.39 is 5.60 Å². The van der Waals surface area contributed by atoms with Gasteiger partial charge in [-0.05, 0) is 25.7 Å². The monoisotopic (exact) mass is 269 g/mol. The highest BCUT2D eigenvalue weighted by Gasteiger charge is 2.18. The molecule has 5 heteroatoms. The third kappa shape index (κ3) is 5.60. The zero-order valence-electron chi connectivity index (χ0n) is 11.4. The Hall–Kier alpha value is -0.940. The molecule has 0 aliphatic rings. The Kier molecular flexibility index (Phi) is 6.29. The summed E-state index contributed by atoms with van der Waals surface area (Å²) in [6, 6.07) is 3.87. The van der Waals surface area contributed by atoms with E-state index in [9.17, 15) is 5.11 Å². The van der Waals surface area contributed by atoms with Crippen molar-refractivity contribution in [2.75, 3.05) is 35.7 Å². The lowest BCUT2D eigenvalue weighted by molar-refractivity contribution is 0.0997. The quantitative estimate of drug-likeness (QED) is 0.677. The summed E-state index contributed by atoms with van der Waals surface area (Å²) in [5.74, 6) is 1.58. The number of nitrogens with zero attached hydrogens (tertiary/aromatic N) is 1. The first-order chi connectivity index (χ1) is 8.57. The van der Waals surface area contributed by atoms with Crippen molar-refractivity contribution in [1.29, 1.82) is 0 Å². The zero-order chi connectivity index (χ0) is 13.4. The summed E-state index contributed by atoms with van der Waals surface area (Å²) < 4.78 is 0. The van der Waals surface area contributed by atoms with Crippen LogP contribution in [0.5, 0.6) is 0 Å². The van der Waals surface area contributed by atoms with Crippen molar-refractivity contribution in [2.45, 2.75) is 25.9 Å². The van der Waals surface area contributed by atoms with E-state index in [0.717, 1.165) is 24.5 Å². The maximum Gasteiger partial charge on any atom is 0.127 e. The van der Waals surface area contributed by atoms with Gasteiger partial charge in [-0.25, -0.2) is 4.98 Å². The van der Waals surface area contributed by atoms with Gasteiger partial charge in [0.05, 0.1) is 5.60 Å². The number of nitrogens with one attached hydrogen (secondary N) is 2. The summed E-state index contributed by atoms with van der Waals surface area (Å²) in [5, 5.41) is 16.6. The normalized spacial score (nSPS) is 14.0. The van der Waals surface area contributed by atoms with E-state index in [2.05, 4.69) is 22.5 Å². The molecule has 4 nitrogen and oxygen atoms in total. The molecule has 0 aliphatic carbocycles. The number of hydrogen-bond donors (Lipinski definition) is 3. The Morgan fingerprint density at radius 2 is 2.22 bits per heavy atom. The fraction of sp³-hybridized carbons (Fsp3) is 0.615. The minimum Gasteiger partial charge on any atom is -0.387 e. The van der Waals surface area contributed by atoms with Crippen LogP contribution in [0.4, 0.5) is 11.5 Å². The van der Waals surface area contributed by atoms with Gasteiger partial charge in [0.1, 0.15) is 5.82 Å². The second-order valence-corrected chi connectivity index (χ2v) is 5.51. The average molecular weight is 269 g/mol. The van der Waals surface area contributed by atoms with Crippen LogP contribution in [0.1, 0.15) is 20.3 Å². The lowest BCUT2D eigenvalue weighted by Crippen LogP contribution is -2.36. The van der Waals surface area contributed by atoms with Crippen molar-refractivity contribution in [3.05, 3.63) is 18.3 Å². The lowest BCUT2D eigenvalue weighted by atomic mass is 10.1. The van der Waals surface area contributed by atoms with Crippen LogP contribution in [0.15, 0.2) is 18.3 Å². The Bertz CT molecular complexity index is 358. The summed E-state index contributed by atoms with van der Waals surface area (Å²) in [6.07, 6.45) is 4.83. The molecule has 1 aromatic rings. The second-order valence-electron chi connectivity index (χ2n) is 4.64. The maximum absolute atomic E-state index is 10.1. The van der Waals surface area contributed by atoms with Crippen molar-refractivity contribution in [3.8, 4) is 0 Å². The summed E-state index contributed by atoms with van der Waals surface area (Å²) in [7, 11) is 0. The molecule has 3 N–H and O–H groups in total. The summed E-state index contributed by atoms with van der Waals surface area (Å²) in [4.78, 5) is 4.24. The fourth-order valence-electron chi connectivity index (χ4n) is 1.54. The number of rotatable bonds is 8. The van der Waals surface area contributed by atoms with Gasteiger partial charge in [0.25, 0.3) is 0 Å². The third-order valence-corrected chi connectivity index (χ3v) is 3.36. The van der Waals surface area contributed by atoms with Crippen LogP contribution in [0.25, 0.3) is 0 Å². The van der Waals surface area contributed by atoms with Crippen molar-refractivity contribution in [1.82, 2.24) is 4.98 Å². The highest BCUT2D eigenvalue weighted by Crippen LogP contribution is 2.15. The van der Waals surface area contributed by atoms with Crippen LogP contribution in [0.2, 0.25) is 0 Å². The smallest absolute Gasteiger partial charge is 0.127 e. The minimum absolute atomic E-state index is 0.533. The first-order valence-electron chi connectivity index (χ1n) is 6.22. The molecule has 0 saturated heterocycles. The van der Waals surface area contributed by atoms with Gasteiger partial charge >= 0.3 is 0 Å². The van der Waals surface area contributed by atoms with Gasteiger partial charge < -0.3 is 15.7 Å². The van der Waals surface area contributed by atoms with Gasteiger partial charge in [0.2, 0.25) is 0 Å². The molecule has 0 saturated carbocycles. The van der Waals surface area contributed by atoms with Crippen LogP contribution < -0.4 is 10.6 Å². The number of pyridine rings is 1. The fourth-order valence-corrected chi connectivity index (χ4v) is 2.27. The van der Waals surface area contributed by atoms with E-state index in [4.69, 9.17) is 0 Å². The summed E-state index contributed by atoms with van der Waals surface area (Å²) >= 11 is 1.64. The Labute approximate surface area is 114 Å². The van der Waals surface area contributed by atoms with Crippen molar-refractivity contribution >= 4 is 23.3 Å². The van der Waals surface area contributed by atoms with Crippen LogP contribution in [-0.2, 0) is 0 Å². The largest absolute Gasteiger partial charge is 0.387 e. The highest BCUT2D eigenvalue weighted by atomic mass is 32.2. The molecule has 0 amide bonds. The first kappa shape index (κ1) is 15.1. The van der Waals surface area contributed by atoms with Crippen LogP contribution in [0, 0.1) is 0 Å². The molecule has 102 valence electrons. The van der Waals surface area contributed by atoms with Gasteiger partial charge in [-0.1, -0.05) is 6.92 Å². The summed E-state index contributed by atoms with van der Waals surface area (Å²) in [6.45, 7) is 5.41. The van der Waals surface area contributed by atoms with Gasteiger partial charge in [-0.3, -0.25) is 0 Å². The van der Waals surface area contributed by atoms with Gasteiger partial charge in [-0.15, -0.1) is 0 Å². The minimum atomic E-state index is -0.695. The molecular formula is C13H23N3OS.